The predicted molar refractivity (Wildman–Crippen MR) is 84.6 cm³/mol. The Kier molecular flexibility index (Phi) is 4.61. The molecule has 0 saturated carbocycles. The molecule has 0 radical (unpaired) electrons. The highest BCUT2D eigenvalue weighted by Gasteiger charge is 2.50. The first-order valence-electron chi connectivity index (χ1n) is 8.17. The molecule has 2 amide bonds. The third-order valence-corrected chi connectivity index (χ3v) is 4.44. The van der Waals surface area contributed by atoms with Crippen LogP contribution in [0.4, 0.5) is 0 Å². The molecule has 6 nitrogen and oxygen atoms in total. The zero-order chi connectivity index (χ0) is 16.4. The lowest BCUT2D eigenvalue weighted by Crippen LogP contribution is -2.41. The van der Waals surface area contributed by atoms with Gasteiger partial charge in [0.2, 0.25) is 11.8 Å². The molecule has 0 bridgehead atoms. The molecule has 0 unspecified atom stereocenters. The molecule has 3 rings (SSSR count). The Hall–Kier alpha value is -1.95. The summed E-state index contributed by atoms with van der Waals surface area (Å²) in [6.07, 6.45) is 2.57. The van der Waals surface area contributed by atoms with Crippen molar-refractivity contribution in [1.82, 2.24) is 15.2 Å². The van der Waals surface area contributed by atoms with E-state index in [0.717, 1.165) is 12.1 Å². The third kappa shape index (κ3) is 3.37. The van der Waals surface area contributed by atoms with E-state index in [1.54, 1.807) is 6.20 Å². The topological polar surface area (TPSA) is 71.5 Å². The summed E-state index contributed by atoms with van der Waals surface area (Å²) in [6.45, 7) is 4.90. The zero-order valence-corrected chi connectivity index (χ0v) is 13.6. The molecule has 1 N–H and O–H groups in total. The lowest BCUT2D eigenvalue weighted by Gasteiger charge is -2.22. The molecular formula is C17H23N3O3. The van der Waals surface area contributed by atoms with Crippen LogP contribution in [0, 0.1) is 5.92 Å². The molecule has 1 aromatic heterocycles. The summed E-state index contributed by atoms with van der Waals surface area (Å²) >= 11 is 0. The second-order valence-corrected chi connectivity index (χ2v) is 6.51. The predicted octanol–water partition coefficient (Wildman–Crippen LogP) is 0.765. The van der Waals surface area contributed by atoms with E-state index in [-0.39, 0.29) is 42.3 Å². The van der Waals surface area contributed by atoms with Gasteiger partial charge in [-0.15, -0.1) is 0 Å². The maximum Gasteiger partial charge on any atom is 0.228 e. The van der Waals surface area contributed by atoms with Gasteiger partial charge < -0.3 is 15.0 Å². The number of ether oxygens (including phenoxy) is 1. The van der Waals surface area contributed by atoms with Gasteiger partial charge in [0, 0.05) is 31.1 Å². The average molecular weight is 317 g/mol. The number of nitrogens with zero attached hydrogens (tertiary/aromatic N) is 2. The first kappa shape index (κ1) is 15.9. The summed E-state index contributed by atoms with van der Waals surface area (Å²) < 4.78 is 5.75. The van der Waals surface area contributed by atoms with Crippen LogP contribution in [0.2, 0.25) is 0 Å². The van der Waals surface area contributed by atoms with Gasteiger partial charge in [-0.1, -0.05) is 6.07 Å². The summed E-state index contributed by atoms with van der Waals surface area (Å²) in [5.74, 6) is -0.285. The number of amides is 2. The summed E-state index contributed by atoms with van der Waals surface area (Å²) in [6, 6.07) is 5.64. The normalized spacial score (nSPS) is 26.4. The van der Waals surface area contributed by atoms with Crippen molar-refractivity contribution < 1.29 is 14.3 Å². The van der Waals surface area contributed by atoms with Crippen molar-refractivity contribution in [2.75, 3.05) is 13.2 Å². The molecule has 124 valence electrons. The van der Waals surface area contributed by atoms with Crippen LogP contribution < -0.4 is 5.32 Å². The van der Waals surface area contributed by atoms with E-state index < -0.39 is 0 Å². The number of pyridine rings is 1. The van der Waals surface area contributed by atoms with Gasteiger partial charge in [0.05, 0.1) is 24.5 Å². The Morgan fingerprint density at radius 2 is 2.26 bits per heavy atom. The molecule has 2 saturated heterocycles. The van der Waals surface area contributed by atoms with Gasteiger partial charge >= 0.3 is 0 Å². The van der Waals surface area contributed by atoms with Crippen LogP contribution in [0.3, 0.4) is 0 Å². The number of aromatic nitrogens is 1. The molecule has 0 spiro atoms. The molecule has 3 atom stereocenters. The molecule has 1 aromatic rings. The van der Waals surface area contributed by atoms with Crippen LogP contribution in [0.25, 0.3) is 0 Å². The lowest BCUT2D eigenvalue weighted by molar-refractivity contribution is -0.131. The molecule has 2 aliphatic rings. The minimum atomic E-state index is -0.280. The molecule has 2 aliphatic heterocycles. The smallest absolute Gasteiger partial charge is 0.228 e. The number of carbonyl (C=O) groups is 2. The van der Waals surface area contributed by atoms with Gasteiger partial charge in [0.1, 0.15) is 0 Å². The summed E-state index contributed by atoms with van der Waals surface area (Å²) in [5.41, 5.74) is 0.753. The van der Waals surface area contributed by atoms with Crippen LogP contribution in [0.5, 0.6) is 0 Å². The van der Waals surface area contributed by atoms with E-state index in [4.69, 9.17) is 4.74 Å². The van der Waals surface area contributed by atoms with Crippen LogP contribution >= 0.6 is 0 Å². The summed E-state index contributed by atoms with van der Waals surface area (Å²) in [7, 11) is 0. The second-order valence-electron chi connectivity index (χ2n) is 6.51. The second kappa shape index (κ2) is 6.66. The van der Waals surface area contributed by atoms with E-state index in [9.17, 15) is 9.59 Å². The molecule has 6 heteroatoms. The van der Waals surface area contributed by atoms with E-state index in [1.807, 2.05) is 36.9 Å². The van der Waals surface area contributed by atoms with Crippen molar-refractivity contribution in [2.45, 2.75) is 44.9 Å². The van der Waals surface area contributed by atoms with Gasteiger partial charge in [-0.3, -0.25) is 14.6 Å². The fourth-order valence-electron chi connectivity index (χ4n) is 3.44. The number of likely N-dealkylation sites (tertiary alicyclic amines) is 1. The number of nitrogens with one attached hydrogen (secondary N) is 1. The first-order valence-corrected chi connectivity index (χ1v) is 8.17. The van der Waals surface area contributed by atoms with Crippen LogP contribution in [0.1, 0.15) is 26.0 Å². The first-order chi connectivity index (χ1) is 11.1. The van der Waals surface area contributed by atoms with Crippen molar-refractivity contribution in [2.24, 2.45) is 5.92 Å². The Balaban J connectivity index is 1.70. The van der Waals surface area contributed by atoms with Gasteiger partial charge in [0.25, 0.3) is 0 Å². The highest BCUT2D eigenvalue weighted by atomic mass is 16.5. The van der Waals surface area contributed by atoms with E-state index in [1.165, 1.54) is 0 Å². The molecule has 0 aliphatic carbocycles. The Bertz CT molecular complexity index is 576. The Morgan fingerprint density at radius 3 is 2.96 bits per heavy atom. The SMILES string of the molecule is CC(C)NC(=O)[C@@H]1CN(C(=O)Cc2ccccn2)[C@@H]2CCO[C@@H]21. The Labute approximate surface area is 136 Å². The number of hydrogen-bond acceptors (Lipinski definition) is 4. The van der Waals surface area contributed by atoms with Crippen molar-refractivity contribution in [3.05, 3.63) is 30.1 Å². The maximum absolute atomic E-state index is 12.6. The van der Waals surface area contributed by atoms with E-state index in [0.29, 0.717) is 13.2 Å². The molecule has 0 aromatic carbocycles. The molecule has 2 fully saturated rings. The number of carbonyl (C=O) groups excluding carboxylic acids is 2. The van der Waals surface area contributed by atoms with Crippen molar-refractivity contribution in [1.29, 1.82) is 0 Å². The highest BCUT2D eigenvalue weighted by molar-refractivity contribution is 5.84. The monoisotopic (exact) mass is 317 g/mol. The number of rotatable bonds is 4. The molecule has 23 heavy (non-hydrogen) atoms. The van der Waals surface area contributed by atoms with Crippen molar-refractivity contribution in [3.63, 3.8) is 0 Å². The van der Waals surface area contributed by atoms with Gasteiger partial charge in [-0.2, -0.15) is 0 Å². The van der Waals surface area contributed by atoms with Crippen LogP contribution in [-0.4, -0.2) is 53.0 Å². The number of fused-ring (bicyclic) bond motifs is 1. The van der Waals surface area contributed by atoms with Gasteiger partial charge in [0.15, 0.2) is 0 Å². The molecule has 3 heterocycles. The summed E-state index contributed by atoms with van der Waals surface area (Å²) in [4.78, 5) is 31.1. The quantitative estimate of drug-likeness (QED) is 0.890. The fraction of sp³-hybridized carbons (Fsp3) is 0.588. The Morgan fingerprint density at radius 1 is 1.43 bits per heavy atom. The third-order valence-electron chi connectivity index (χ3n) is 4.44. The van der Waals surface area contributed by atoms with Crippen LogP contribution in [-0.2, 0) is 20.7 Å². The largest absolute Gasteiger partial charge is 0.375 e. The minimum absolute atomic E-state index is 0.00845. The highest BCUT2D eigenvalue weighted by Crippen LogP contribution is 2.34. The molecular weight excluding hydrogens is 294 g/mol. The van der Waals surface area contributed by atoms with Crippen molar-refractivity contribution >= 4 is 11.8 Å². The maximum atomic E-state index is 12.6. The standard InChI is InChI=1S/C17H23N3O3/c1-11(2)19-17(22)13-10-20(14-6-8-23-16(13)14)15(21)9-12-5-3-4-7-18-12/h3-5,7,11,13-14,16H,6,8-10H2,1-2H3,(H,19,22)/t13-,14-,16-/m1/s1. The van der Waals surface area contributed by atoms with Crippen molar-refractivity contribution in [3.8, 4) is 0 Å². The van der Waals surface area contributed by atoms with E-state index in [2.05, 4.69) is 10.3 Å². The fourth-order valence-corrected chi connectivity index (χ4v) is 3.44. The van der Waals surface area contributed by atoms with Crippen LogP contribution in [0.15, 0.2) is 24.4 Å². The lowest BCUT2D eigenvalue weighted by atomic mass is 10.0. The zero-order valence-electron chi connectivity index (χ0n) is 13.6. The number of hydrogen-bond donors (Lipinski definition) is 1. The van der Waals surface area contributed by atoms with Gasteiger partial charge in [-0.25, -0.2) is 0 Å². The summed E-state index contributed by atoms with van der Waals surface area (Å²) in [5, 5.41) is 2.94. The average Bonchev–Trinajstić information content (AvgIpc) is 3.08. The van der Waals surface area contributed by atoms with E-state index >= 15 is 0 Å². The van der Waals surface area contributed by atoms with Gasteiger partial charge in [-0.05, 0) is 32.4 Å². The minimum Gasteiger partial charge on any atom is -0.375 e.